The molecule has 0 unspecified atom stereocenters. The van der Waals surface area contributed by atoms with Gasteiger partial charge in [-0.15, -0.1) is 0 Å². The molecule has 2 aromatic rings. The lowest BCUT2D eigenvalue weighted by atomic mass is 10.2. The summed E-state index contributed by atoms with van der Waals surface area (Å²) in [5.74, 6) is 5.18. The van der Waals surface area contributed by atoms with Crippen LogP contribution in [-0.4, -0.2) is 17.6 Å². The van der Waals surface area contributed by atoms with Crippen molar-refractivity contribution < 1.29 is 9.53 Å². The second-order valence-electron chi connectivity index (χ2n) is 4.21. The Kier molecular flexibility index (Phi) is 4.35. The van der Waals surface area contributed by atoms with E-state index in [1.54, 1.807) is 13.1 Å². The molecule has 0 bridgehead atoms. The molecule has 20 heavy (non-hydrogen) atoms. The van der Waals surface area contributed by atoms with Crippen molar-refractivity contribution in [3.05, 3.63) is 53.9 Å². The van der Waals surface area contributed by atoms with Crippen LogP contribution in [0.2, 0.25) is 0 Å². The molecular formula is C16H14N2O2. The maximum atomic E-state index is 11.2. The number of esters is 1. The predicted octanol–water partition coefficient (Wildman–Crippen LogP) is 1.99. The average molecular weight is 266 g/mol. The van der Waals surface area contributed by atoms with Crippen LogP contribution in [0, 0.1) is 11.8 Å². The predicted molar refractivity (Wildman–Crippen MR) is 77.5 cm³/mol. The third kappa shape index (κ3) is 3.85. The van der Waals surface area contributed by atoms with Gasteiger partial charge in [-0.25, -0.2) is 4.79 Å². The van der Waals surface area contributed by atoms with Crippen LogP contribution in [0.15, 0.2) is 48.3 Å². The van der Waals surface area contributed by atoms with Gasteiger partial charge in [0.25, 0.3) is 0 Å². The maximum absolute atomic E-state index is 11.2. The molecule has 0 fully saturated rings. The van der Waals surface area contributed by atoms with Crippen LogP contribution in [0.1, 0.15) is 12.5 Å². The zero-order valence-electron chi connectivity index (χ0n) is 11.1. The zero-order chi connectivity index (χ0) is 14.4. The Morgan fingerprint density at radius 3 is 3.05 bits per heavy atom. The van der Waals surface area contributed by atoms with E-state index < -0.39 is 5.97 Å². The van der Waals surface area contributed by atoms with Crippen LogP contribution in [0.5, 0.6) is 0 Å². The highest BCUT2D eigenvalue weighted by atomic mass is 16.5. The zero-order valence-corrected chi connectivity index (χ0v) is 11.1. The molecule has 1 aromatic heterocycles. The quantitative estimate of drug-likeness (QED) is 0.513. The van der Waals surface area contributed by atoms with Crippen LogP contribution in [-0.2, 0) is 9.53 Å². The van der Waals surface area contributed by atoms with Gasteiger partial charge in [-0.3, -0.25) is 4.98 Å². The van der Waals surface area contributed by atoms with Gasteiger partial charge < -0.3 is 10.5 Å². The molecule has 0 saturated heterocycles. The van der Waals surface area contributed by atoms with E-state index in [9.17, 15) is 4.79 Å². The first kappa shape index (κ1) is 13.6. The summed E-state index contributed by atoms with van der Waals surface area (Å²) in [7, 11) is 0. The molecule has 4 nitrogen and oxygen atoms in total. The first-order chi connectivity index (χ1) is 9.65. The summed E-state index contributed by atoms with van der Waals surface area (Å²) in [6.45, 7) is 1.64. The fourth-order valence-electron chi connectivity index (χ4n) is 1.61. The number of carbonyl (C=O) groups excluding carboxylic acids is 1. The van der Waals surface area contributed by atoms with E-state index in [1.165, 1.54) is 6.08 Å². The monoisotopic (exact) mass is 266 g/mol. The average Bonchev–Trinajstić information content (AvgIpc) is 2.43. The van der Waals surface area contributed by atoms with E-state index >= 15 is 0 Å². The lowest BCUT2D eigenvalue weighted by Crippen LogP contribution is -2.04. The molecular weight excluding hydrogens is 252 g/mol. The van der Waals surface area contributed by atoms with Crippen molar-refractivity contribution in [2.24, 2.45) is 5.73 Å². The van der Waals surface area contributed by atoms with Crippen molar-refractivity contribution in [1.29, 1.82) is 0 Å². The number of para-hydroxylation sites is 1. The number of rotatable bonds is 2. The molecule has 4 heteroatoms. The van der Waals surface area contributed by atoms with E-state index in [1.807, 2.05) is 30.3 Å². The molecule has 100 valence electrons. The van der Waals surface area contributed by atoms with E-state index in [4.69, 9.17) is 10.5 Å². The Balaban J connectivity index is 2.01. The fourth-order valence-corrected chi connectivity index (χ4v) is 1.61. The topological polar surface area (TPSA) is 65.2 Å². The highest BCUT2D eigenvalue weighted by Crippen LogP contribution is 2.11. The molecule has 0 amide bonds. The molecule has 0 spiro atoms. The second kappa shape index (κ2) is 6.39. The number of allylic oxidation sites excluding steroid dienone is 1. The molecule has 0 radical (unpaired) electrons. The van der Waals surface area contributed by atoms with E-state index in [0.29, 0.717) is 5.70 Å². The lowest BCUT2D eigenvalue weighted by molar-refractivity contribution is -0.136. The molecule has 0 saturated carbocycles. The summed E-state index contributed by atoms with van der Waals surface area (Å²) in [4.78, 5) is 15.5. The normalized spacial score (nSPS) is 10.8. The molecule has 0 aliphatic carbocycles. The standard InChI is InChI=1S/C16H14N2O2/c1-12(17)9-16(19)20-8-4-5-13-10-14-6-2-3-7-15(14)18-11-13/h2-3,6-7,9-11H,8,17H2,1H3/b12-9-. The Bertz CT molecular complexity index is 720. The number of hydrogen-bond donors (Lipinski definition) is 1. The fraction of sp³-hybridized carbons (Fsp3) is 0.125. The minimum Gasteiger partial charge on any atom is -0.449 e. The second-order valence-corrected chi connectivity index (χ2v) is 4.21. The van der Waals surface area contributed by atoms with Gasteiger partial charge in [0.15, 0.2) is 6.61 Å². The Hall–Kier alpha value is -2.80. The van der Waals surface area contributed by atoms with Crippen molar-refractivity contribution in [2.45, 2.75) is 6.92 Å². The van der Waals surface area contributed by atoms with Crippen molar-refractivity contribution >= 4 is 16.9 Å². The number of ether oxygens (including phenoxy) is 1. The first-order valence-electron chi connectivity index (χ1n) is 6.09. The van der Waals surface area contributed by atoms with Gasteiger partial charge in [0, 0.05) is 28.9 Å². The van der Waals surface area contributed by atoms with E-state index in [0.717, 1.165) is 16.5 Å². The molecule has 0 atom stereocenters. The third-order valence-electron chi connectivity index (χ3n) is 2.46. The van der Waals surface area contributed by atoms with Crippen LogP contribution >= 0.6 is 0 Å². The Morgan fingerprint density at radius 1 is 1.45 bits per heavy atom. The van der Waals surface area contributed by atoms with Gasteiger partial charge in [-0.1, -0.05) is 30.0 Å². The van der Waals surface area contributed by atoms with Gasteiger partial charge in [0.2, 0.25) is 0 Å². The number of carbonyl (C=O) groups is 1. The molecule has 0 aliphatic rings. The smallest absolute Gasteiger partial charge is 0.333 e. The number of aromatic nitrogens is 1. The van der Waals surface area contributed by atoms with Gasteiger partial charge in [-0.2, -0.15) is 0 Å². The highest BCUT2D eigenvalue weighted by Gasteiger charge is 1.96. The van der Waals surface area contributed by atoms with Crippen molar-refractivity contribution in [3.63, 3.8) is 0 Å². The molecule has 2 N–H and O–H groups in total. The summed E-state index contributed by atoms with van der Waals surface area (Å²) in [6.07, 6.45) is 2.92. The molecule has 0 aliphatic heterocycles. The Labute approximate surface area is 117 Å². The number of fused-ring (bicyclic) bond motifs is 1. The third-order valence-corrected chi connectivity index (χ3v) is 2.46. The number of benzene rings is 1. The van der Waals surface area contributed by atoms with Gasteiger partial charge in [-0.05, 0) is 19.1 Å². The number of hydrogen-bond acceptors (Lipinski definition) is 4. The van der Waals surface area contributed by atoms with Crippen molar-refractivity contribution in [2.75, 3.05) is 6.61 Å². The van der Waals surface area contributed by atoms with Crippen molar-refractivity contribution in [1.82, 2.24) is 4.98 Å². The number of nitrogens with zero attached hydrogens (tertiary/aromatic N) is 1. The minimum atomic E-state index is -0.490. The van der Waals surface area contributed by atoms with Gasteiger partial charge in [0.1, 0.15) is 0 Å². The SMILES string of the molecule is C/C(N)=C/C(=O)OCC#Cc1cnc2ccccc2c1. The molecule has 1 aromatic carbocycles. The summed E-state index contributed by atoms with van der Waals surface area (Å²) < 4.78 is 4.87. The summed E-state index contributed by atoms with van der Waals surface area (Å²) >= 11 is 0. The lowest BCUT2D eigenvalue weighted by Gasteiger charge is -1.97. The maximum Gasteiger partial charge on any atom is 0.333 e. The van der Waals surface area contributed by atoms with E-state index in [-0.39, 0.29) is 6.61 Å². The minimum absolute atomic E-state index is 0.0233. The Morgan fingerprint density at radius 2 is 2.25 bits per heavy atom. The van der Waals surface area contributed by atoms with Gasteiger partial charge >= 0.3 is 5.97 Å². The van der Waals surface area contributed by atoms with Crippen LogP contribution in [0.4, 0.5) is 0 Å². The van der Waals surface area contributed by atoms with Crippen LogP contribution < -0.4 is 5.73 Å². The van der Waals surface area contributed by atoms with Gasteiger partial charge in [0.05, 0.1) is 5.52 Å². The van der Waals surface area contributed by atoms with Crippen LogP contribution in [0.3, 0.4) is 0 Å². The number of nitrogens with two attached hydrogens (primary N) is 1. The largest absolute Gasteiger partial charge is 0.449 e. The summed E-state index contributed by atoms with van der Waals surface area (Å²) in [6, 6.07) is 9.75. The molecule has 1 heterocycles. The summed E-state index contributed by atoms with van der Waals surface area (Å²) in [5.41, 5.74) is 7.47. The van der Waals surface area contributed by atoms with Crippen molar-refractivity contribution in [3.8, 4) is 11.8 Å². The summed E-state index contributed by atoms with van der Waals surface area (Å²) in [5, 5.41) is 1.03. The van der Waals surface area contributed by atoms with Crippen LogP contribution in [0.25, 0.3) is 10.9 Å². The first-order valence-corrected chi connectivity index (χ1v) is 6.09. The molecule has 2 rings (SSSR count). The highest BCUT2D eigenvalue weighted by molar-refractivity contribution is 5.82. The number of pyridine rings is 1. The van der Waals surface area contributed by atoms with E-state index in [2.05, 4.69) is 16.8 Å².